The molecule has 0 fully saturated rings. The molecule has 0 rings (SSSR count). The number of carbonyl (C=O) groups is 2. The van der Waals surface area contributed by atoms with E-state index >= 15 is 0 Å². The minimum atomic E-state index is -0.914. The number of carboxylic acids is 2. The van der Waals surface area contributed by atoms with Gasteiger partial charge in [-0.2, -0.15) is 0 Å². The van der Waals surface area contributed by atoms with Crippen molar-refractivity contribution in [3.05, 3.63) is 48.6 Å². The standard InChI is InChI=1S/2C6H8O2.H2O/c2*1-2-3-4-5-6(7)8;/h2*2-5H,1H3,(H,7,8);1H2/b2*3-2+,5-4+;. The summed E-state index contributed by atoms with van der Waals surface area (Å²) in [7, 11) is 0. The molecule has 0 aliphatic rings. The van der Waals surface area contributed by atoms with Gasteiger partial charge in [-0.1, -0.05) is 36.5 Å². The third-order valence-electron chi connectivity index (χ3n) is 1.08. The monoisotopic (exact) mass is 242 g/mol. The van der Waals surface area contributed by atoms with Crippen LogP contribution in [0.2, 0.25) is 0 Å². The second-order valence-corrected chi connectivity index (χ2v) is 2.45. The molecular weight excluding hydrogens is 224 g/mol. The maximum Gasteiger partial charge on any atom is 0.328 e. The molecule has 96 valence electrons. The Hall–Kier alpha value is -2.14. The van der Waals surface area contributed by atoms with Gasteiger partial charge in [-0.05, 0) is 13.8 Å². The average molecular weight is 242 g/mol. The van der Waals surface area contributed by atoms with Gasteiger partial charge in [0.1, 0.15) is 0 Å². The molecule has 0 radical (unpaired) electrons. The lowest BCUT2D eigenvalue weighted by Gasteiger charge is -1.72. The molecule has 5 heteroatoms. The molecule has 0 aromatic heterocycles. The van der Waals surface area contributed by atoms with Crippen molar-refractivity contribution in [2.24, 2.45) is 0 Å². The Morgan fingerprint density at radius 1 is 0.765 bits per heavy atom. The van der Waals surface area contributed by atoms with Crippen molar-refractivity contribution >= 4 is 11.9 Å². The highest BCUT2D eigenvalue weighted by atomic mass is 16.4. The Labute approximate surface area is 100 Å². The summed E-state index contributed by atoms with van der Waals surface area (Å²) in [5.41, 5.74) is 0. The molecule has 4 N–H and O–H groups in total. The van der Waals surface area contributed by atoms with E-state index in [2.05, 4.69) is 0 Å². The van der Waals surface area contributed by atoms with Gasteiger partial charge in [0.25, 0.3) is 0 Å². The van der Waals surface area contributed by atoms with E-state index in [1.54, 1.807) is 24.3 Å². The predicted molar refractivity (Wildman–Crippen MR) is 66.8 cm³/mol. The number of carboxylic acid groups (broad SMARTS) is 2. The summed E-state index contributed by atoms with van der Waals surface area (Å²) < 4.78 is 0. The van der Waals surface area contributed by atoms with Gasteiger partial charge in [0.05, 0.1) is 0 Å². The van der Waals surface area contributed by atoms with E-state index in [0.29, 0.717) is 0 Å². The maximum atomic E-state index is 9.75. The van der Waals surface area contributed by atoms with E-state index in [9.17, 15) is 9.59 Å². The molecule has 0 aliphatic carbocycles. The van der Waals surface area contributed by atoms with Crippen molar-refractivity contribution in [3.63, 3.8) is 0 Å². The van der Waals surface area contributed by atoms with E-state index in [0.717, 1.165) is 12.2 Å². The highest BCUT2D eigenvalue weighted by Crippen LogP contribution is 1.75. The van der Waals surface area contributed by atoms with Gasteiger partial charge in [-0.25, -0.2) is 9.59 Å². The highest BCUT2D eigenvalue weighted by Gasteiger charge is 1.79. The molecule has 0 saturated heterocycles. The van der Waals surface area contributed by atoms with Gasteiger partial charge in [-0.3, -0.25) is 0 Å². The second kappa shape index (κ2) is 16.3. The molecular formula is C12H18O5. The lowest BCUT2D eigenvalue weighted by Crippen LogP contribution is -1.83. The number of allylic oxidation sites excluding steroid dienone is 6. The number of hydrogen-bond donors (Lipinski definition) is 2. The lowest BCUT2D eigenvalue weighted by atomic mass is 10.4. The van der Waals surface area contributed by atoms with Gasteiger partial charge in [-0.15, -0.1) is 0 Å². The van der Waals surface area contributed by atoms with Crippen LogP contribution in [0.3, 0.4) is 0 Å². The lowest BCUT2D eigenvalue weighted by molar-refractivity contribution is -0.132. The summed E-state index contributed by atoms with van der Waals surface area (Å²) in [6.45, 7) is 3.65. The fraction of sp³-hybridized carbons (Fsp3) is 0.167. The van der Waals surface area contributed by atoms with Crippen LogP contribution in [0.15, 0.2) is 48.6 Å². The Morgan fingerprint density at radius 2 is 1.06 bits per heavy atom. The van der Waals surface area contributed by atoms with Crippen molar-refractivity contribution in [2.75, 3.05) is 0 Å². The zero-order valence-corrected chi connectivity index (χ0v) is 9.83. The Bertz CT molecular complexity index is 279. The van der Waals surface area contributed by atoms with Crippen LogP contribution >= 0.6 is 0 Å². The summed E-state index contributed by atoms with van der Waals surface area (Å²) in [6, 6.07) is 0. The van der Waals surface area contributed by atoms with Crippen LogP contribution in [0.5, 0.6) is 0 Å². The fourth-order valence-corrected chi connectivity index (χ4v) is 0.498. The molecule has 0 spiro atoms. The SMILES string of the molecule is C/C=C/C=C/C(=O)O.C/C=C/C=C/C(=O)O.O. The first kappa shape index (κ1) is 20.3. The van der Waals surface area contributed by atoms with Crippen molar-refractivity contribution in [3.8, 4) is 0 Å². The molecule has 0 aromatic carbocycles. The molecule has 5 nitrogen and oxygen atoms in total. The van der Waals surface area contributed by atoms with Crippen molar-refractivity contribution < 1.29 is 25.3 Å². The minimum absolute atomic E-state index is 0. The molecule has 17 heavy (non-hydrogen) atoms. The molecule has 0 heterocycles. The predicted octanol–water partition coefficient (Wildman–Crippen LogP) is 1.58. The van der Waals surface area contributed by atoms with Crippen LogP contribution in [-0.4, -0.2) is 27.6 Å². The molecule has 0 amide bonds. The van der Waals surface area contributed by atoms with Crippen LogP contribution in [0.4, 0.5) is 0 Å². The van der Waals surface area contributed by atoms with Gasteiger partial charge < -0.3 is 15.7 Å². The Morgan fingerprint density at radius 3 is 1.24 bits per heavy atom. The Balaban J connectivity index is -0.000000218. The van der Waals surface area contributed by atoms with Crippen molar-refractivity contribution in [2.45, 2.75) is 13.8 Å². The largest absolute Gasteiger partial charge is 0.478 e. The van der Waals surface area contributed by atoms with Crippen molar-refractivity contribution in [1.82, 2.24) is 0 Å². The average Bonchev–Trinajstić information content (AvgIpc) is 2.18. The summed E-state index contributed by atoms with van der Waals surface area (Å²) in [5, 5.41) is 16.0. The highest BCUT2D eigenvalue weighted by molar-refractivity contribution is 5.80. The fourth-order valence-electron chi connectivity index (χ4n) is 0.498. The van der Waals surface area contributed by atoms with Crippen LogP contribution in [0, 0.1) is 0 Å². The third-order valence-corrected chi connectivity index (χ3v) is 1.08. The van der Waals surface area contributed by atoms with E-state index in [-0.39, 0.29) is 5.48 Å². The molecule has 0 saturated carbocycles. The zero-order valence-electron chi connectivity index (χ0n) is 9.83. The van der Waals surface area contributed by atoms with Gasteiger partial charge >= 0.3 is 11.9 Å². The van der Waals surface area contributed by atoms with Gasteiger partial charge in [0.15, 0.2) is 0 Å². The van der Waals surface area contributed by atoms with Crippen molar-refractivity contribution in [1.29, 1.82) is 0 Å². The van der Waals surface area contributed by atoms with Crippen LogP contribution < -0.4 is 0 Å². The number of rotatable bonds is 4. The van der Waals surface area contributed by atoms with Crippen LogP contribution in [-0.2, 0) is 9.59 Å². The first-order chi connectivity index (χ1) is 7.54. The molecule has 0 atom stereocenters. The molecule has 0 unspecified atom stereocenters. The normalized spacial score (nSPS) is 10.5. The minimum Gasteiger partial charge on any atom is -0.478 e. The number of hydrogen-bond acceptors (Lipinski definition) is 2. The molecule has 0 aromatic rings. The topological polar surface area (TPSA) is 106 Å². The number of aliphatic carboxylic acids is 2. The summed E-state index contributed by atoms with van der Waals surface area (Å²) in [5.74, 6) is -1.83. The van der Waals surface area contributed by atoms with Crippen LogP contribution in [0.25, 0.3) is 0 Å². The van der Waals surface area contributed by atoms with E-state index < -0.39 is 11.9 Å². The Kier molecular flexibility index (Phi) is 19.5. The molecule has 0 bridgehead atoms. The first-order valence-electron chi connectivity index (χ1n) is 4.59. The van der Waals surface area contributed by atoms with E-state index in [4.69, 9.17) is 10.2 Å². The summed E-state index contributed by atoms with van der Waals surface area (Å²) in [6.07, 6.45) is 12.0. The summed E-state index contributed by atoms with van der Waals surface area (Å²) >= 11 is 0. The summed E-state index contributed by atoms with van der Waals surface area (Å²) in [4.78, 5) is 19.5. The van der Waals surface area contributed by atoms with Crippen LogP contribution in [0.1, 0.15) is 13.8 Å². The van der Waals surface area contributed by atoms with E-state index in [1.807, 2.05) is 13.8 Å². The van der Waals surface area contributed by atoms with Gasteiger partial charge in [0.2, 0.25) is 0 Å². The first-order valence-corrected chi connectivity index (χ1v) is 4.59. The van der Waals surface area contributed by atoms with Gasteiger partial charge in [0, 0.05) is 12.2 Å². The smallest absolute Gasteiger partial charge is 0.328 e. The maximum absolute atomic E-state index is 9.75. The molecule has 0 aliphatic heterocycles. The second-order valence-electron chi connectivity index (χ2n) is 2.45. The quantitative estimate of drug-likeness (QED) is 0.576. The third kappa shape index (κ3) is 31.6. The van der Waals surface area contributed by atoms with E-state index in [1.165, 1.54) is 12.2 Å². The zero-order chi connectivity index (χ0) is 12.8.